The van der Waals surface area contributed by atoms with Crippen LogP contribution in [0.3, 0.4) is 0 Å². The summed E-state index contributed by atoms with van der Waals surface area (Å²) in [6, 6.07) is 8.68. The molecule has 3 aromatic heterocycles. The van der Waals surface area contributed by atoms with Crippen LogP contribution in [-0.4, -0.2) is 49.3 Å². The third-order valence-corrected chi connectivity index (χ3v) is 7.40. The lowest BCUT2D eigenvalue weighted by Crippen LogP contribution is -2.28. The molecule has 5 rings (SSSR count). The van der Waals surface area contributed by atoms with E-state index in [1.807, 2.05) is 6.26 Å². The number of benzene rings is 1. The lowest BCUT2D eigenvalue weighted by atomic mass is 10.3. The number of fused-ring (bicyclic) bond motifs is 1. The monoisotopic (exact) mass is 497 g/mol. The van der Waals surface area contributed by atoms with Crippen molar-refractivity contribution >= 4 is 44.4 Å². The molecule has 174 valence electrons. The number of carbonyl (C=O) groups is 1. The number of hydrogen-bond acceptors (Lipinski definition) is 9. The lowest BCUT2D eigenvalue weighted by Gasteiger charge is -2.11. The van der Waals surface area contributed by atoms with Crippen LogP contribution in [0.4, 0.5) is 5.69 Å². The number of nitrogens with zero attached hydrogens (tertiary/aromatic N) is 6. The van der Waals surface area contributed by atoms with Gasteiger partial charge < -0.3 is 5.32 Å². The summed E-state index contributed by atoms with van der Waals surface area (Å²) in [5.41, 5.74) is 0.379. The molecule has 1 aliphatic carbocycles. The van der Waals surface area contributed by atoms with E-state index in [-0.39, 0.29) is 22.9 Å². The molecular weight excluding hydrogens is 478 g/mol. The molecule has 1 N–H and O–H groups in total. The van der Waals surface area contributed by atoms with Gasteiger partial charge in [0.1, 0.15) is 18.5 Å². The fourth-order valence-electron chi connectivity index (χ4n) is 3.37. The minimum absolute atomic E-state index is 0.0179. The van der Waals surface area contributed by atoms with Crippen LogP contribution >= 0.6 is 11.8 Å². The first-order chi connectivity index (χ1) is 16.3. The van der Waals surface area contributed by atoms with E-state index >= 15 is 0 Å². The highest BCUT2D eigenvalue weighted by molar-refractivity contribution is 7.98. The van der Waals surface area contributed by atoms with E-state index in [1.165, 1.54) is 53.0 Å². The molecule has 1 aromatic carbocycles. The van der Waals surface area contributed by atoms with Crippen LogP contribution in [0.5, 0.6) is 0 Å². The van der Waals surface area contributed by atoms with Gasteiger partial charge in [-0.3, -0.25) is 14.2 Å². The van der Waals surface area contributed by atoms with Gasteiger partial charge in [0.05, 0.1) is 4.90 Å². The Balaban J connectivity index is 1.33. The first-order valence-corrected chi connectivity index (χ1v) is 13.0. The van der Waals surface area contributed by atoms with Crippen molar-refractivity contribution in [2.24, 2.45) is 0 Å². The van der Waals surface area contributed by atoms with Crippen LogP contribution in [0.15, 0.2) is 63.8 Å². The van der Waals surface area contributed by atoms with Crippen LogP contribution in [0, 0.1) is 0 Å². The number of amides is 1. The smallest absolute Gasteiger partial charge is 0.284 e. The van der Waals surface area contributed by atoms with Crippen LogP contribution in [-0.2, 0) is 21.4 Å². The number of rotatable bonds is 7. The molecule has 0 radical (unpaired) electrons. The largest absolute Gasteiger partial charge is 0.325 e. The normalized spacial score (nSPS) is 13.8. The fourth-order valence-corrected chi connectivity index (χ4v) is 4.77. The average Bonchev–Trinajstić information content (AvgIpc) is 3.56. The van der Waals surface area contributed by atoms with Crippen molar-refractivity contribution in [3.63, 3.8) is 0 Å². The number of pyridine rings is 1. The van der Waals surface area contributed by atoms with E-state index in [1.54, 1.807) is 12.3 Å². The standard InChI is InChI=1S/C21H19N7O4S2/c1-33-21-22-10-14-4-9-18(30)27(20(14)25-21)11-17(29)24-15-5-7-16(8-6-15)34(31,32)28-12-23-19(26-28)13-2-3-13/h4-10,12-13H,2-3,11H2,1H3,(H,24,29). The van der Waals surface area contributed by atoms with E-state index in [4.69, 9.17) is 0 Å². The van der Waals surface area contributed by atoms with Crippen LogP contribution in [0.1, 0.15) is 24.6 Å². The number of nitrogens with one attached hydrogen (secondary N) is 1. The first kappa shape index (κ1) is 22.2. The third kappa shape index (κ3) is 4.31. The highest BCUT2D eigenvalue weighted by Crippen LogP contribution is 2.37. The zero-order valence-electron chi connectivity index (χ0n) is 18.0. The Morgan fingerprint density at radius 3 is 2.62 bits per heavy atom. The molecule has 34 heavy (non-hydrogen) atoms. The number of aromatic nitrogens is 6. The summed E-state index contributed by atoms with van der Waals surface area (Å²) < 4.78 is 27.7. The maximum Gasteiger partial charge on any atom is 0.284 e. The quantitative estimate of drug-likeness (QED) is 0.299. The van der Waals surface area contributed by atoms with Gasteiger partial charge in [-0.15, -0.1) is 9.19 Å². The molecule has 1 fully saturated rings. The molecule has 0 unspecified atom stereocenters. The molecule has 1 amide bonds. The first-order valence-electron chi connectivity index (χ1n) is 10.3. The predicted molar refractivity (Wildman–Crippen MR) is 125 cm³/mol. The SMILES string of the molecule is CSc1ncc2ccc(=O)n(CC(=O)Nc3ccc(S(=O)(=O)n4cnc(C5CC5)n4)cc3)c2n1. The highest BCUT2D eigenvalue weighted by atomic mass is 32.2. The van der Waals surface area contributed by atoms with Crippen molar-refractivity contribution < 1.29 is 13.2 Å². The van der Waals surface area contributed by atoms with E-state index < -0.39 is 15.9 Å². The Morgan fingerprint density at radius 1 is 1.15 bits per heavy atom. The lowest BCUT2D eigenvalue weighted by molar-refractivity contribution is -0.116. The van der Waals surface area contributed by atoms with Crippen LogP contribution in [0.2, 0.25) is 0 Å². The Hall–Kier alpha value is -3.58. The van der Waals surface area contributed by atoms with Crippen molar-refractivity contribution in [2.45, 2.75) is 35.4 Å². The molecular formula is C21H19N7O4S2. The second-order valence-corrected chi connectivity index (χ2v) is 10.3. The Labute approximate surface area is 198 Å². The zero-order valence-corrected chi connectivity index (χ0v) is 19.6. The average molecular weight is 498 g/mol. The van der Waals surface area contributed by atoms with Crippen molar-refractivity contribution in [3.05, 3.63) is 65.1 Å². The van der Waals surface area contributed by atoms with Gasteiger partial charge in [-0.1, -0.05) is 11.8 Å². The summed E-state index contributed by atoms with van der Waals surface area (Å²) >= 11 is 1.33. The molecule has 1 aliphatic rings. The molecule has 0 atom stereocenters. The predicted octanol–water partition coefficient (Wildman–Crippen LogP) is 1.86. The van der Waals surface area contributed by atoms with Crippen molar-refractivity contribution in [2.75, 3.05) is 11.6 Å². The van der Waals surface area contributed by atoms with Gasteiger partial charge in [0.25, 0.3) is 15.6 Å². The summed E-state index contributed by atoms with van der Waals surface area (Å²) in [4.78, 5) is 37.7. The summed E-state index contributed by atoms with van der Waals surface area (Å²) in [7, 11) is -3.89. The van der Waals surface area contributed by atoms with Crippen molar-refractivity contribution in [1.82, 2.24) is 28.7 Å². The maximum atomic E-state index is 12.8. The van der Waals surface area contributed by atoms with Gasteiger partial charge in [0.15, 0.2) is 11.0 Å². The summed E-state index contributed by atoms with van der Waals surface area (Å²) in [6.45, 7) is -0.260. The van der Waals surface area contributed by atoms with E-state index in [9.17, 15) is 18.0 Å². The maximum absolute atomic E-state index is 12.8. The molecule has 0 bridgehead atoms. The molecule has 0 saturated heterocycles. The van der Waals surface area contributed by atoms with Gasteiger partial charge in [-0.05, 0) is 49.4 Å². The van der Waals surface area contributed by atoms with E-state index in [0.29, 0.717) is 27.7 Å². The Morgan fingerprint density at radius 2 is 1.91 bits per heavy atom. The fraction of sp³-hybridized carbons (Fsp3) is 0.238. The van der Waals surface area contributed by atoms with Gasteiger partial charge in [-0.25, -0.2) is 15.0 Å². The van der Waals surface area contributed by atoms with Gasteiger partial charge >= 0.3 is 0 Å². The van der Waals surface area contributed by atoms with Gasteiger partial charge in [-0.2, -0.15) is 8.42 Å². The number of carbonyl (C=O) groups excluding carboxylic acids is 1. The van der Waals surface area contributed by atoms with Crippen molar-refractivity contribution in [3.8, 4) is 0 Å². The molecule has 11 nitrogen and oxygen atoms in total. The minimum atomic E-state index is -3.89. The summed E-state index contributed by atoms with van der Waals surface area (Å²) in [6.07, 6.45) is 6.55. The van der Waals surface area contributed by atoms with E-state index in [0.717, 1.165) is 16.9 Å². The zero-order chi connectivity index (χ0) is 23.9. The molecule has 0 aliphatic heterocycles. The minimum Gasteiger partial charge on any atom is -0.325 e. The van der Waals surface area contributed by atoms with Crippen molar-refractivity contribution in [1.29, 1.82) is 0 Å². The van der Waals surface area contributed by atoms with Gasteiger partial charge in [0, 0.05) is 29.3 Å². The molecule has 3 heterocycles. The highest BCUT2D eigenvalue weighted by Gasteiger charge is 2.29. The molecule has 1 saturated carbocycles. The summed E-state index contributed by atoms with van der Waals surface area (Å²) in [5.74, 6) is 0.313. The summed E-state index contributed by atoms with van der Waals surface area (Å²) in [5, 5.41) is 7.89. The topological polar surface area (TPSA) is 142 Å². The van der Waals surface area contributed by atoms with Gasteiger partial charge in [0.2, 0.25) is 5.91 Å². The second-order valence-electron chi connectivity index (χ2n) is 7.72. The molecule has 4 aromatic rings. The Kier molecular flexibility index (Phi) is 5.65. The van der Waals surface area contributed by atoms with Crippen LogP contribution in [0.25, 0.3) is 11.0 Å². The third-order valence-electron chi connectivity index (χ3n) is 5.30. The van der Waals surface area contributed by atoms with E-state index in [2.05, 4.69) is 25.4 Å². The number of anilines is 1. The van der Waals surface area contributed by atoms with Crippen LogP contribution < -0.4 is 10.9 Å². The number of hydrogen-bond donors (Lipinski definition) is 1. The Bertz CT molecular complexity index is 1560. The molecule has 13 heteroatoms. The second kappa shape index (κ2) is 8.65. The number of thioether (sulfide) groups is 1. The molecule has 0 spiro atoms.